The van der Waals surface area contributed by atoms with Crippen molar-refractivity contribution in [3.8, 4) is 12.3 Å². The van der Waals surface area contributed by atoms with Gasteiger partial charge in [-0.2, -0.15) is 0 Å². The fourth-order valence-corrected chi connectivity index (χ4v) is 2.84. The Morgan fingerprint density at radius 2 is 2.21 bits per heavy atom. The zero-order valence-corrected chi connectivity index (χ0v) is 16.7. The number of hydrogen-bond acceptors (Lipinski definition) is 2. The second-order valence-corrected chi connectivity index (χ2v) is 5.62. The zero-order chi connectivity index (χ0) is 16.3. The van der Waals surface area contributed by atoms with Crippen molar-refractivity contribution in [2.45, 2.75) is 38.7 Å². The van der Waals surface area contributed by atoms with E-state index >= 15 is 0 Å². The van der Waals surface area contributed by atoms with Gasteiger partial charge in [-0.25, -0.2) is 0 Å². The van der Waals surface area contributed by atoms with E-state index in [2.05, 4.69) is 45.8 Å². The number of ether oxygens (including phenoxy) is 1. The standard InChI is InChI=1S/C19H27N3O.HI/c1-3-13-21-19(20-4-2)22-14-8-15-23-18-12-7-10-16-9-5-6-11-17(16)18;/h1,5-6,9,11,18H,4,7-8,10,12-15H2,2H3,(H2,20,21,22);1H. The topological polar surface area (TPSA) is 45.7 Å². The summed E-state index contributed by atoms with van der Waals surface area (Å²) in [6, 6.07) is 8.63. The predicted molar refractivity (Wildman–Crippen MR) is 111 cm³/mol. The Hall–Kier alpha value is -1.26. The Labute approximate surface area is 162 Å². The van der Waals surface area contributed by atoms with Crippen molar-refractivity contribution in [3.63, 3.8) is 0 Å². The van der Waals surface area contributed by atoms with E-state index in [0.717, 1.165) is 38.5 Å². The summed E-state index contributed by atoms with van der Waals surface area (Å²) in [6.07, 6.45) is 9.91. The van der Waals surface area contributed by atoms with Gasteiger partial charge in [0.2, 0.25) is 0 Å². The average molecular weight is 441 g/mol. The average Bonchev–Trinajstić information content (AvgIpc) is 2.59. The zero-order valence-electron chi connectivity index (χ0n) is 14.4. The van der Waals surface area contributed by atoms with Crippen LogP contribution in [0.15, 0.2) is 29.3 Å². The molecule has 2 rings (SSSR count). The molecule has 4 nitrogen and oxygen atoms in total. The number of aryl methyl sites for hydroxylation is 1. The molecular weight excluding hydrogens is 413 g/mol. The van der Waals surface area contributed by atoms with E-state index < -0.39 is 0 Å². The second-order valence-electron chi connectivity index (χ2n) is 5.62. The predicted octanol–water partition coefficient (Wildman–Crippen LogP) is 3.28. The minimum atomic E-state index is 0. The van der Waals surface area contributed by atoms with E-state index in [1.807, 2.05) is 6.92 Å². The molecule has 2 N–H and O–H groups in total. The van der Waals surface area contributed by atoms with Crippen LogP contribution < -0.4 is 10.6 Å². The van der Waals surface area contributed by atoms with Gasteiger partial charge in [-0.05, 0) is 43.7 Å². The van der Waals surface area contributed by atoms with Crippen LogP contribution in [0.5, 0.6) is 0 Å². The van der Waals surface area contributed by atoms with E-state index in [-0.39, 0.29) is 30.1 Å². The molecule has 0 spiro atoms. The monoisotopic (exact) mass is 441 g/mol. The molecule has 1 atom stereocenters. The molecule has 0 fully saturated rings. The van der Waals surface area contributed by atoms with Crippen molar-refractivity contribution in [3.05, 3.63) is 35.4 Å². The third kappa shape index (κ3) is 6.70. The summed E-state index contributed by atoms with van der Waals surface area (Å²) in [5.41, 5.74) is 2.81. The molecule has 1 aliphatic carbocycles. The first-order chi connectivity index (χ1) is 11.3. The molecule has 1 aromatic rings. The molecular formula is C19H28IN3O. The molecule has 0 saturated carbocycles. The molecule has 132 valence electrons. The molecule has 1 aromatic carbocycles. The molecule has 1 aliphatic rings. The first-order valence-electron chi connectivity index (χ1n) is 8.50. The maximum Gasteiger partial charge on any atom is 0.192 e. The van der Waals surface area contributed by atoms with Crippen molar-refractivity contribution in [2.75, 3.05) is 26.2 Å². The first kappa shape index (κ1) is 20.8. The lowest BCUT2D eigenvalue weighted by atomic mass is 9.89. The molecule has 24 heavy (non-hydrogen) atoms. The summed E-state index contributed by atoms with van der Waals surface area (Å²) in [4.78, 5) is 4.50. The highest BCUT2D eigenvalue weighted by Crippen LogP contribution is 2.32. The summed E-state index contributed by atoms with van der Waals surface area (Å²) >= 11 is 0. The summed E-state index contributed by atoms with van der Waals surface area (Å²) in [5.74, 6) is 3.33. The Morgan fingerprint density at radius 3 is 3.00 bits per heavy atom. The lowest BCUT2D eigenvalue weighted by molar-refractivity contribution is 0.0403. The number of nitrogens with zero attached hydrogens (tertiary/aromatic N) is 1. The van der Waals surface area contributed by atoms with Crippen LogP contribution in [0.25, 0.3) is 0 Å². The van der Waals surface area contributed by atoms with Crippen molar-refractivity contribution in [1.82, 2.24) is 10.6 Å². The van der Waals surface area contributed by atoms with Gasteiger partial charge in [-0.15, -0.1) is 30.4 Å². The van der Waals surface area contributed by atoms with Crippen LogP contribution in [0.1, 0.15) is 43.4 Å². The van der Waals surface area contributed by atoms with Crippen LogP contribution in [0.2, 0.25) is 0 Å². The van der Waals surface area contributed by atoms with Gasteiger partial charge in [0.1, 0.15) is 0 Å². The van der Waals surface area contributed by atoms with E-state index in [1.54, 1.807) is 0 Å². The SMILES string of the molecule is C#CCNC(=NCCCOC1CCCc2ccccc21)NCC.I. The van der Waals surface area contributed by atoms with Crippen molar-refractivity contribution >= 4 is 29.9 Å². The fraction of sp³-hybridized carbons (Fsp3) is 0.526. The third-order valence-electron chi connectivity index (χ3n) is 3.91. The van der Waals surface area contributed by atoms with E-state index in [9.17, 15) is 0 Å². The summed E-state index contributed by atoms with van der Waals surface area (Å²) in [7, 11) is 0. The number of nitrogens with one attached hydrogen (secondary N) is 2. The molecule has 0 aliphatic heterocycles. The van der Waals surface area contributed by atoms with Gasteiger partial charge in [0.15, 0.2) is 5.96 Å². The van der Waals surface area contributed by atoms with Crippen LogP contribution >= 0.6 is 24.0 Å². The van der Waals surface area contributed by atoms with Gasteiger partial charge >= 0.3 is 0 Å². The van der Waals surface area contributed by atoms with Crippen LogP contribution in [0.3, 0.4) is 0 Å². The largest absolute Gasteiger partial charge is 0.373 e. The van der Waals surface area contributed by atoms with Gasteiger partial charge in [0.25, 0.3) is 0 Å². The van der Waals surface area contributed by atoms with Crippen LogP contribution in [0.4, 0.5) is 0 Å². The van der Waals surface area contributed by atoms with Crippen LogP contribution in [-0.4, -0.2) is 32.2 Å². The van der Waals surface area contributed by atoms with Crippen molar-refractivity contribution in [2.24, 2.45) is 4.99 Å². The van der Waals surface area contributed by atoms with Crippen LogP contribution in [-0.2, 0) is 11.2 Å². The highest BCUT2D eigenvalue weighted by molar-refractivity contribution is 14.0. The molecule has 0 bridgehead atoms. The van der Waals surface area contributed by atoms with Gasteiger partial charge in [0.05, 0.1) is 12.6 Å². The number of rotatable bonds is 7. The normalized spacial score (nSPS) is 16.5. The van der Waals surface area contributed by atoms with Gasteiger partial charge in [-0.3, -0.25) is 4.99 Å². The number of hydrogen-bond donors (Lipinski definition) is 2. The smallest absolute Gasteiger partial charge is 0.192 e. The quantitative estimate of drug-likeness (QED) is 0.225. The molecule has 0 radical (unpaired) electrons. The Balaban J connectivity index is 0.00000288. The van der Waals surface area contributed by atoms with E-state index in [4.69, 9.17) is 11.2 Å². The minimum Gasteiger partial charge on any atom is -0.373 e. The molecule has 0 saturated heterocycles. The number of guanidine groups is 1. The highest BCUT2D eigenvalue weighted by atomic mass is 127. The maximum atomic E-state index is 6.09. The summed E-state index contributed by atoms with van der Waals surface area (Å²) in [6.45, 7) is 4.81. The van der Waals surface area contributed by atoms with Crippen molar-refractivity contribution < 1.29 is 4.74 Å². The molecule has 0 amide bonds. The maximum absolute atomic E-state index is 6.09. The number of benzene rings is 1. The van der Waals surface area contributed by atoms with Crippen LogP contribution in [0, 0.1) is 12.3 Å². The lowest BCUT2D eigenvalue weighted by Crippen LogP contribution is -2.37. The fourth-order valence-electron chi connectivity index (χ4n) is 2.84. The molecule has 0 heterocycles. The van der Waals surface area contributed by atoms with Crippen molar-refractivity contribution in [1.29, 1.82) is 0 Å². The number of aliphatic imine (C=N–C) groups is 1. The van der Waals surface area contributed by atoms with Gasteiger partial charge in [-0.1, -0.05) is 30.2 Å². The van der Waals surface area contributed by atoms with Gasteiger partial charge in [0, 0.05) is 19.7 Å². The highest BCUT2D eigenvalue weighted by Gasteiger charge is 2.19. The van der Waals surface area contributed by atoms with E-state index in [1.165, 1.54) is 24.0 Å². The minimum absolute atomic E-state index is 0. The lowest BCUT2D eigenvalue weighted by Gasteiger charge is -2.25. The first-order valence-corrected chi connectivity index (χ1v) is 8.50. The Morgan fingerprint density at radius 1 is 1.38 bits per heavy atom. The molecule has 1 unspecified atom stereocenters. The third-order valence-corrected chi connectivity index (χ3v) is 3.91. The van der Waals surface area contributed by atoms with Gasteiger partial charge < -0.3 is 15.4 Å². The van der Waals surface area contributed by atoms with E-state index in [0.29, 0.717) is 6.54 Å². The Kier molecular flexibility index (Phi) is 10.5. The molecule has 5 heteroatoms. The second kappa shape index (κ2) is 12.2. The Bertz CT molecular complexity index is 554. The number of terminal acetylenes is 1. The summed E-state index contributed by atoms with van der Waals surface area (Å²) in [5, 5.41) is 6.26. The summed E-state index contributed by atoms with van der Waals surface area (Å²) < 4.78 is 6.09. The number of fused-ring (bicyclic) bond motifs is 1. The number of halogens is 1. The molecule has 0 aromatic heterocycles.